The van der Waals surface area contributed by atoms with Crippen LogP contribution in [-0.2, 0) is 4.74 Å². The van der Waals surface area contributed by atoms with Gasteiger partial charge in [-0.25, -0.2) is 4.79 Å². The number of esters is 1. The molecule has 0 unspecified atom stereocenters. The SMILES string of the molecule is COC(=O)c1ccc(-c2ccccc2O)cc1N. The molecule has 0 saturated carbocycles. The summed E-state index contributed by atoms with van der Waals surface area (Å²) < 4.78 is 4.62. The molecule has 0 fully saturated rings. The fraction of sp³-hybridized carbons (Fsp3) is 0.0714. The normalized spacial score (nSPS) is 10.1. The maximum atomic E-state index is 11.4. The number of hydrogen-bond acceptors (Lipinski definition) is 4. The topological polar surface area (TPSA) is 72.5 Å². The van der Waals surface area contributed by atoms with E-state index in [4.69, 9.17) is 5.73 Å². The molecular weight excluding hydrogens is 230 g/mol. The Hall–Kier alpha value is -2.49. The molecular formula is C14H13NO3. The molecule has 0 aliphatic carbocycles. The van der Waals surface area contributed by atoms with Crippen molar-refractivity contribution in [3.63, 3.8) is 0 Å². The average molecular weight is 243 g/mol. The van der Waals surface area contributed by atoms with Gasteiger partial charge in [0.15, 0.2) is 0 Å². The van der Waals surface area contributed by atoms with Crippen molar-refractivity contribution >= 4 is 11.7 Å². The molecule has 2 aromatic rings. The van der Waals surface area contributed by atoms with E-state index in [0.717, 1.165) is 5.56 Å². The van der Waals surface area contributed by atoms with Gasteiger partial charge in [-0.15, -0.1) is 0 Å². The molecule has 0 saturated heterocycles. The molecule has 0 aliphatic rings. The number of carbonyl (C=O) groups is 1. The van der Waals surface area contributed by atoms with Gasteiger partial charge in [-0.2, -0.15) is 0 Å². The van der Waals surface area contributed by atoms with Gasteiger partial charge in [0.1, 0.15) is 5.75 Å². The average Bonchev–Trinajstić information content (AvgIpc) is 2.38. The Morgan fingerprint density at radius 3 is 2.56 bits per heavy atom. The van der Waals surface area contributed by atoms with Crippen LogP contribution in [0.15, 0.2) is 42.5 Å². The van der Waals surface area contributed by atoms with Gasteiger partial charge < -0.3 is 15.6 Å². The Labute approximate surface area is 105 Å². The third-order valence-electron chi connectivity index (χ3n) is 2.67. The predicted molar refractivity (Wildman–Crippen MR) is 69.3 cm³/mol. The molecule has 3 N–H and O–H groups in total. The molecule has 92 valence electrons. The van der Waals surface area contributed by atoms with E-state index < -0.39 is 5.97 Å². The zero-order chi connectivity index (χ0) is 13.1. The lowest BCUT2D eigenvalue weighted by Gasteiger charge is -2.08. The first-order valence-electron chi connectivity index (χ1n) is 5.39. The number of anilines is 1. The van der Waals surface area contributed by atoms with Gasteiger partial charge >= 0.3 is 5.97 Å². The number of phenols is 1. The molecule has 0 spiro atoms. The number of benzene rings is 2. The highest BCUT2D eigenvalue weighted by Crippen LogP contribution is 2.30. The maximum Gasteiger partial charge on any atom is 0.339 e. The van der Waals surface area contributed by atoms with Gasteiger partial charge in [0.25, 0.3) is 0 Å². The van der Waals surface area contributed by atoms with E-state index >= 15 is 0 Å². The number of phenolic OH excluding ortho intramolecular Hbond substituents is 1. The second kappa shape index (κ2) is 4.79. The van der Waals surface area contributed by atoms with Gasteiger partial charge in [-0.05, 0) is 23.8 Å². The van der Waals surface area contributed by atoms with E-state index in [-0.39, 0.29) is 5.75 Å². The van der Waals surface area contributed by atoms with E-state index in [1.807, 2.05) is 6.07 Å². The zero-order valence-corrected chi connectivity index (χ0v) is 9.88. The van der Waals surface area contributed by atoms with E-state index in [9.17, 15) is 9.90 Å². The summed E-state index contributed by atoms with van der Waals surface area (Å²) in [7, 11) is 1.30. The lowest BCUT2D eigenvalue weighted by atomic mass is 10.0. The van der Waals surface area contributed by atoms with Crippen LogP contribution in [0.2, 0.25) is 0 Å². The maximum absolute atomic E-state index is 11.4. The number of para-hydroxylation sites is 1. The molecule has 0 amide bonds. The Kier molecular flexibility index (Phi) is 3.19. The second-order valence-electron chi connectivity index (χ2n) is 3.81. The van der Waals surface area contributed by atoms with Gasteiger partial charge in [-0.1, -0.05) is 24.3 Å². The van der Waals surface area contributed by atoms with Gasteiger partial charge in [0.2, 0.25) is 0 Å². The van der Waals surface area contributed by atoms with Crippen LogP contribution in [0, 0.1) is 0 Å². The summed E-state index contributed by atoms with van der Waals surface area (Å²) in [4.78, 5) is 11.4. The summed E-state index contributed by atoms with van der Waals surface area (Å²) in [5, 5.41) is 9.75. The first-order chi connectivity index (χ1) is 8.63. The van der Waals surface area contributed by atoms with Crippen molar-refractivity contribution < 1.29 is 14.6 Å². The number of nitrogens with two attached hydrogens (primary N) is 1. The molecule has 0 aromatic heterocycles. The molecule has 0 aliphatic heterocycles. The Bertz CT molecular complexity index is 593. The van der Waals surface area contributed by atoms with Crippen LogP contribution in [-0.4, -0.2) is 18.2 Å². The van der Waals surface area contributed by atoms with Crippen molar-refractivity contribution in [1.29, 1.82) is 0 Å². The van der Waals surface area contributed by atoms with Crippen LogP contribution < -0.4 is 5.73 Å². The third-order valence-corrected chi connectivity index (χ3v) is 2.67. The van der Waals surface area contributed by atoms with Crippen molar-refractivity contribution in [3.8, 4) is 16.9 Å². The van der Waals surface area contributed by atoms with Gasteiger partial charge in [0, 0.05) is 11.3 Å². The smallest absolute Gasteiger partial charge is 0.339 e. The highest BCUT2D eigenvalue weighted by atomic mass is 16.5. The van der Waals surface area contributed by atoms with E-state index in [2.05, 4.69) is 4.74 Å². The highest BCUT2D eigenvalue weighted by Gasteiger charge is 2.11. The van der Waals surface area contributed by atoms with E-state index in [0.29, 0.717) is 16.8 Å². The van der Waals surface area contributed by atoms with Crippen molar-refractivity contribution in [1.82, 2.24) is 0 Å². The van der Waals surface area contributed by atoms with Gasteiger partial charge in [0.05, 0.1) is 12.7 Å². The van der Waals surface area contributed by atoms with E-state index in [1.165, 1.54) is 7.11 Å². The number of methoxy groups -OCH3 is 1. The Balaban J connectivity index is 2.47. The molecule has 0 atom stereocenters. The summed E-state index contributed by atoms with van der Waals surface area (Å²) in [5.74, 6) is -0.306. The monoisotopic (exact) mass is 243 g/mol. The second-order valence-corrected chi connectivity index (χ2v) is 3.81. The molecule has 2 rings (SSSR count). The van der Waals surface area contributed by atoms with Crippen LogP contribution in [0.1, 0.15) is 10.4 Å². The minimum atomic E-state index is -0.476. The molecule has 18 heavy (non-hydrogen) atoms. The number of rotatable bonds is 2. The molecule has 0 radical (unpaired) electrons. The summed E-state index contributed by atoms with van der Waals surface area (Å²) in [6, 6.07) is 11.9. The van der Waals surface area contributed by atoms with Crippen LogP contribution in [0.3, 0.4) is 0 Å². The first-order valence-corrected chi connectivity index (χ1v) is 5.39. The lowest BCUT2D eigenvalue weighted by molar-refractivity contribution is 0.0602. The first kappa shape index (κ1) is 12.0. The van der Waals surface area contributed by atoms with Crippen molar-refractivity contribution in [3.05, 3.63) is 48.0 Å². The van der Waals surface area contributed by atoms with E-state index in [1.54, 1.807) is 36.4 Å². The molecule has 4 nitrogen and oxygen atoms in total. The number of hydrogen-bond donors (Lipinski definition) is 2. The third kappa shape index (κ3) is 2.13. The fourth-order valence-electron chi connectivity index (χ4n) is 1.74. The van der Waals surface area contributed by atoms with Crippen LogP contribution >= 0.6 is 0 Å². The van der Waals surface area contributed by atoms with Crippen LogP contribution in [0.4, 0.5) is 5.69 Å². The quantitative estimate of drug-likeness (QED) is 0.627. The van der Waals surface area contributed by atoms with Gasteiger partial charge in [-0.3, -0.25) is 0 Å². The van der Waals surface area contributed by atoms with Crippen molar-refractivity contribution in [2.75, 3.05) is 12.8 Å². The zero-order valence-electron chi connectivity index (χ0n) is 9.88. The summed E-state index contributed by atoms with van der Waals surface area (Å²) in [6.07, 6.45) is 0. The van der Waals surface area contributed by atoms with Crippen molar-refractivity contribution in [2.24, 2.45) is 0 Å². The summed E-state index contributed by atoms with van der Waals surface area (Å²) >= 11 is 0. The number of nitrogen functional groups attached to an aromatic ring is 1. The standard InChI is InChI=1S/C14H13NO3/c1-18-14(17)11-7-6-9(8-12(11)15)10-4-2-3-5-13(10)16/h2-8,16H,15H2,1H3. The molecule has 2 aromatic carbocycles. The summed E-state index contributed by atoms with van der Waals surface area (Å²) in [5.41, 5.74) is 7.86. The van der Waals surface area contributed by atoms with Crippen molar-refractivity contribution in [2.45, 2.75) is 0 Å². The highest BCUT2D eigenvalue weighted by molar-refractivity contribution is 5.96. The summed E-state index contributed by atoms with van der Waals surface area (Å²) in [6.45, 7) is 0. The predicted octanol–water partition coefficient (Wildman–Crippen LogP) is 2.43. The molecule has 0 bridgehead atoms. The minimum absolute atomic E-state index is 0.169. The Morgan fingerprint density at radius 1 is 1.22 bits per heavy atom. The molecule has 4 heteroatoms. The number of aromatic hydroxyl groups is 1. The fourth-order valence-corrected chi connectivity index (χ4v) is 1.74. The number of carbonyl (C=O) groups excluding carboxylic acids is 1. The lowest BCUT2D eigenvalue weighted by Crippen LogP contribution is -2.05. The molecule has 0 heterocycles. The Morgan fingerprint density at radius 2 is 1.94 bits per heavy atom. The van der Waals surface area contributed by atoms with Crippen LogP contribution in [0.25, 0.3) is 11.1 Å². The number of ether oxygens (including phenoxy) is 1. The largest absolute Gasteiger partial charge is 0.507 e. The minimum Gasteiger partial charge on any atom is -0.507 e. The van der Waals surface area contributed by atoms with Crippen LogP contribution in [0.5, 0.6) is 5.75 Å².